The lowest BCUT2D eigenvalue weighted by molar-refractivity contribution is 0.0683. The number of fused-ring (bicyclic) bond motifs is 1. The third kappa shape index (κ3) is 4.19. The van der Waals surface area contributed by atoms with Gasteiger partial charge in [0.2, 0.25) is 0 Å². The van der Waals surface area contributed by atoms with Crippen molar-refractivity contribution in [1.82, 2.24) is 4.90 Å². The summed E-state index contributed by atoms with van der Waals surface area (Å²) in [6.45, 7) is 0.385. The van der Waals surface area contributed by atoms with E-state index in [1.54, 1.807) is 4.90 Å². The number of amides is 1. The van der Waals surface area contributed by atoms with Gasteiger partial charge in [-0.1, -0.05) is 48.5 Å². The number of nitrogens with zero attached hydrogens (tertiary/aromatic N) is 2. The van der Waals surface area contributed by atoms with Gasteiger partial charge < -0.3 is 9.80 Å². The van der Waals surface area contributed by atoms with Gasteiger partial charge in [0.15, 0.2) is 9.84 Å². The Hall–Kier alpha value is -2.86. The highest BCUT2D eigenvalue weighted by Gasteiger charge is 2.35. The molecule has 1 amide bonds. The number of rotatable bonds is 5. The first-order chi connectivity index (χ1) is 14.3. The van der Waals surface area contributed by atoms with Crippen LogP contribution < -0.4 is 4.90 Å². The molecular weight excluding hydrogens is 396 g/mol. The van der Waals surface area contributed by atoms with Crippen molar-refractivity contribution in [3.63, 3.8) is 0 Å². The van der Waals surface area contributed by atoms with Gasteiger partial charge in [0.05, 0.1) is 11.5 Å². The maximum atomic E-state index is 13.7. The minimum absolute atomic E-state index is 0.0271. The Labute approximate surface area is 177 Å². The summed E-state index contributed by atoms with van der Waals surface area (Å²) in [4.78, 5) is 17.4. The lowest BCUT2D eigenvalue weighted by Crippen LogP contribution is -2.40. The molecule has 0 N–H and O–H groups in total. The fraction of sp³-hybridized carbons (Fsp3) is 0.292. The second-order valence-corrected chi connectivity index (χ2v) is 10.3. The zero-order valence-electron chi connectivity index (χ0n) is 17.3. The zero-order valence-corrected chi connectivity index (χ0v) is 18.1. The van der Waals surface area contributed by atoms with Gasteiger partial charge in [-0.25, -0.2) is 8.42 Å². The smallest absolute Gasteiger partial charge is 0.255 e. The van der Waals surface area contributed by atoms with Gasteiger partial charge in [-0.15, -0.1) is 0 Å². The SMILES string of the molecule is CN(C)c1ccc(CN(C(=O)c2cccc3ccccc23)[C@H]2CCS(=O)(=O)C2)cc1. The van der Waals surface area contributed by atoms with Crippen molar-refractivity contribution in [2.45, 2.75) is 19.0 Å². The van der Waals surface area contributed by atoms with Gasteiger partial charge in [-0.3, -0.25) is 4.79 Å². The Morgan fingerprint density at radius 3 is 2.33 bits per heavy atom. The zero-order chi connectivity index (χ0) is 21.3. The monoisotopic (exact) mass is 422 g/mol. The van der Waals surface area contributed by atoms with E-state index in [9.17, 15) is 13.2 Å². The van der Waals surface area contributed by atoms with Crippen LogP contribution in [0.15, 0.2) is 66.7 Å². The van der Waals surface area contributed by atoms with E-state index in [0.29, 0.717) is 18.5 Å². The summed E-state index contributed by atoms with van der Waals surface area (Å²) in [7, 11) is 0.852. The quantitative estimate of drug-likeness (QED) is 0.629. The van der Waals surface area contributed by atoms with Crippen molar-refractivity contribution in [3.05, 3.63) is 77.9 Å². The van der Waals surface area contributed by atoms with Crippen LogP contribution in [-0.4, -0.2) is 50.9 Å². The van der Waals surface area contributed by atoms with Crippen molar-refractivity contribution in [2.75, 3.05) is 30.5 Å². The summed E-state index contributed by atoms with van der Waals surface area (Å²) in [6.07, 6.45) is 0.481. The van der Waals surface area contributed by atoms with Crippen LogP contribution in [0.2, 0.25) is 0 Å². The van der Waals surface area contributed by atoms with Crippen LogP contribution in [0.5, 0.6) is 0 Å². The number of anilines is 1. The highest BCUT2D eigenvalue weighted by atomic mass is 32.2. The van der Waals surface area contributed by atoms with Crippen LogP contribution in [0.3, 0.4) is 0 Å². The van der Waals surface area contributed by atoms with Crippen LogP contribution in [0.4, 0.5) is 5.69 Å². The van der Waals surface area contributed by atoms with E-state index in [1.807, 2.05) is 85.7 Å². The lowest BCUT2D eigenvalue weighted by atomic mass is 10.0. The predicted molar refractivity (Wildman–Crippen MR) is 122 cm³/mol. The number of hydrogen-bond donors (Lipinski definition) is 0. The summed E-state index contributed by atoms with van der Waals surface area (Å²) in [6, 6.07) is 21.2. The van der Waals surface area contributed by atoms with Crippen LogP contribution in [-0.2, 0) is 16.4 Å². The number of sulfone groups is 1. The summed E-state index contributed by atoms with van der Waals surface area (Å²) < 4.78 is 24.3. The molecule has 1 fully saturated rings. The fourth-order valence-electron chi connectivity index (χ4n) is 4.05. The summed E-state index contributed by atoms with van der Waals surface area (Å²) in [5, 5.41) is 1.89. The molecular formula is C24H26N2O3S. The van der Waals surface area contributed by atoms with E-state index >= 15 is 0 Å². The third-order valence-corrected chi connectivity index (χ3v) is 7.49. The predicted octanol–water partition coefficient (Wildman–Crippen LogP) is 3.74. The Balaban J connectivity index is 1.70. The van der Waals surface area contributed by atoms with Gasteiger partial charge in [-0.2, -0.15) is 0 Å². The summed E-state index contributed by atoms with van der Waals surface area (Å²) >= 11 is 0. The van der Waals surface area contributed by atoms with Crippen molar-refractivity contribution in [3.8, 4) is 0 Å². The Bertz CT molecular complexity index is 1170. The average Bonchev–Trinajstić information content (AvgIpc) is 3.10. The largest absolute Gasteiger partial charge is 0.378 e. The number of benzene rings is 3. The molecule has 30 heavy (non-hydrogen) atoms. The molecule has 4 rings (SSSR count). The Morgan fingerprint density at radius 2 is 1.67 bits per heavy atom. The van der Waals surface area contributed by atoms with Crippen LogP contribution >= 0.6 is 0 Å². The number of hydrogen-bond acceptors (Lipinski definition) is 4. The lowest BCUT2D eigenvalue weighted by Gasteiger charge is -2.29. The second kappa shape index (κ2) is 8.11. The van der Waals surface area contributed by atoms with E-state index in [1.165, 1.54) is 0 Å². The van der Waals surface area contributed by atoms with Gasteiger partial charge >= 0.3 is 0 Å². The van der Waals surface area contributed by atoms with E-state index in [-0.39, 0.29) is 23.5 Å². The molecule has 0 spiro atoms. The van der Waals surface area contributed by atoms with Crippen molar-refractivity contribution in [1.29, 1.82) is 0 Å². The minimum Gasteiger partial charge on any atom is -0.378 e. The van der Waals surface area contributed by atoms with Gasteiger partial charge in [0, 0.05) is 37.9 Å². The first kappa shape index (κ1) is 20.4. The minimum atomic E-state index is -3.11. The molecule has 0 bridgehead atoms. The van der Waals surface area contributed by atoms with Crippen LogP contribution in [0, 0.1) is 0 Å². The van der Waals surface area contributed by atoms with E-state index < -0.39 is 9.84 Å². The molecule has 3 aromatic rings. The average molecular weight is 423 g/mol. The van der Waals surface area contributed by atoms with Gasteiger partial charge in [-0.05, 0) is 41.0 Å². The first-order valence-corrected chi connectivity index (χ1v) is 11.9. The third-order valence-electron chi connectivity index (χ3n) is 5.74. The Morgan fingerprint density at radius 1 is 0.967 bits per heavy atom. The van der Waals surface area contributed by atoms with Gasteiger partial charge in [0.1, 0.15) is 0 Å². The van der Waals surface area contributed by atoms with E-state index in [0.717, 1.165) is 22.0 Å². The molecule has 5 nitrogen and oxygen atoms in total. The molecule has 0 unspecified atom stereocenters. The molecule has 6 heteroatoms. The first-order valence-electron chi connectivity index (χ1n) is 10.1. The molecule has 1 heterocycles. The summed E-state index contributed by atoms with van der Waals surface area (Å²) in [5.74, 6) is 0.0427. The molecule has 156 valence electrons. The topological polar surface area (TPSA) is 57.7 Å². The maximum absolute atomic E-state index is 13.7. The van der Waals surface area contributed by atoms with E-state index in [4.69, 9.17) is 0 Å². The summed E-state index contributed by atoms with van der Waals surface area (Å²) in [5.41, 5.74) is 2.68. The van der Waals surface area contributed by atoms with Gasteiger partial charge in [0.25, 0.3) is 5.91 Å². The number of carbonyl (C=O) groups excluding carboxylic acids is 1. The highest BCUT2D eigenvalue weighted by molar-refractivity contribution is 7.91. The number of carbonyl (C=O) groups is 1. The van der Waals surface area contributed by atoms with Crippen molar-refractivity contribution < 1.29 is 13.2 Å². The van der Waals surface area contributed by atoms with Crippen LogP contribution in [0.1, 0.15) is 22.3 Å². The molecule has 0 saturated carbocycles. The molecule has 1 aliphatic rings. The van der Waals surface area contributed by atoms with Crippen molar-refractivity contribution >= 4 is 32.2 Å². The molecule has 0 radical (unpaired) electrons. The highest BCUT2D eigenvalue weighted by Crippen LogP contribution is 2.26. The fourth-order valence-corrected chi connectivity index (χ4v) is 5.78. The molecule has 0 aliphatic carbocycles. The maximum Gasteiger partial charge on any atom is 0.255 e. The molecule has 1 atom stereocenters. The molecule has 3 aromatic carbocycles. The normalized spacial score (nSPS) is 17.7. The molecule has 1 aliphatic heterocycles. The van der Waals surface area contributed by atoms with Crippen LogP contribution in [0.25, 0.3) is 10.8 Å². The van der Waals surface area contributed by atoms with E-state index in [2.05, 4.69) is 0 Å². The standard InChI is InChI=1S/C24H26N2O3S/c1-25(2)20-12-10-18(11-13-20)16-26(21-14-15-30(28,29)17-21)24(27)23-9-5-7-19-6-3-4-8-22(19)23/h3-13,21H,14-17H2,1-2H3/t21-/m0/s1. The molecule has 0 aromatic heterocycles. The second-order valence-electron chi connectivity index (χ2n) is 8.08. The van der Waals surface area contributed by atoms with Crippen molar-refractivity contribution in [2.24, 2.45) is 0 Å². The molecule has 1 saturated heterocycles. The Kier molecular flexibility index (Phi) is 5.52.